The average Bonchev–Trinajstić information content (AvgIpc) is 2.88. The number of nitrogens with one attached hydrogen (secondary N) is 1. The first kappa shape index (κ1) is 11.4. The number of anilines is 1. The molecule has 1 unspecified atom stereocenters. The van der Waals surface area contributed by atoms with Gasteiger partial charge in [-0.1, -0.05) is 6.92 Å². The summed E-state index contributed by atoms with van der Waals surface area (Å²) in [6, 6.07) is 0.453. The molecule has 1 atom stereocenters. The van der Waals surface area contributed by atoms with Crippen LogP contribution in [-0.4, -0.2) is 50.2 Å². The molecule has 1 aliphatic heterocycles. The molecule has 96 valence electrons. The summed E-state index contributed by atoms with van der Waals surface area (Å²) in [4.78, 5) is 6.83. The van der Waals surface area contributed by atoms with Crippen molar-refractivity contribution in [1.82, 2.24) is 24.5 Å². The predicted molar refractivity (Wildman–Crippen MR) is 69.5 cm³/mol. The van der Waals surface area contributed by atoms with Crippen LogP contribution < -0.4 is 5.32 Å². The highest BCUT2D eigenvalue weighted by molar-refractivity contribution is 5.61. The minimum Gasteiger partial charge on any atom is -0.363 e. The number of likely N-dealkylation sites (N-methyl/N-ethyl adjacent to an activating group) is 1. The summed E-state index contributed by atoms with van der Waals surface area (Å²) in [5, 5.41) is 11.5. The molecule has 0 spiro atoms. The number of hydrogen-bond acceptors (Lipinski definition) is 5. The average molecular weight is 246 g/mol. The van der Waals surface area contributed by atoms with Gasteiger partial charge in [0.05, 0.1) is 0 Å². The second-order valence-electron chi connectivity index (χ2n) is 4.71. The van der Waals surface area contributed by atoms with E-state index in [4.69, 9.17) is 0 Å². The molecule has 0 aliphatic carbocycles. The van der Waals surface area contributed by atoms with Crippen LogP contribution in [0.25, 0.3) is 5.65 Å². The number of hydrogen-bond donors (Lipinski definition) is 1. The van der Waals surface area contributed by atoms with Crippen molar-refractivity contribution >= 4 is 11.5 Å². The highest BCUT2D eigenvalue weighted by Gasteiger charge is 2.19. The van der Waals surface area contributed by atoms with E-state index in [9.17, 15) is 0 Å². The number of aromatic nitrogens is 4. The van der Waals surface area contributed by atoms with Gasteiger partial charge in [-0.2, -0.15) is 0 Å². The minimum absolute atomic E-state index is 0.453. The number of likely N-dealkylation sites (tertiary alicyclic amines) is 1. The zero-order valence-electron chi connectivity index (χ0n) is 10.6. The van der Waals surface area contributed by atoms with Crippen molar-refractivity contribution < 1.29 is 0 Å². The molecule has 0 radical (unpaired) electrons. The van der Waals surface area contributed by atoms with Crippen LogP contribution in [0.1, 0.15) is 19.8 Å². The molecule has 0 amide bonds. The maximum atomic E-state index is 4.37. The molecule has 1 saturated heterocycles. The Balaban J connectivity index is 1.77. The van der Waals surface area contributed by atoms with Crippen LogP contribution in [0.15, 0.2) is 18.7 Å². The maximum Gasteiger partial charge on any atom is 0.203 e. The molecule has 6 nitrogen and oxygen atoms in total. The fourth-order valence-electron chi connectivity index (χ4n) is 2.51. The fourth-order valence-corrected chi connectivity index (χ4v) is 2.51. The van der Waals surface area contributed by atoms with E-state index in [2.05, 4.69) is 32.3 Å². The topological polar surface area (TPSA) is 58.4 Å². The summed E-state index contributed by atoms with van der Waals surface area (Å²) in [7, 11) is 0. The number of rotatable bonds is 3. The lowest BCUT2D eigenvalue weighted by Crippen LogP contribution is -2.42. The van der Waals surface area contributed by atoms with Gasteiger partial charge in [-0.3, -0.25) is 4.40 Å². The molecule has 2 aromatic heterocycles. The van der Waals surface area contributed by atoms with E-state index < -0.39 is 0 Å². The summed E-state index contributed by atoms with van der Waals surface area (Å²) in [6.45, 7) is 5.60. The molecule has 1 N–H and O–H groups in total. The molecule has 6 heteroatoms. The SMILES string of the molecule is CCN1CCCC(Nc2nccn3cnnc23)C1. The molecule has 2 aromatic rings. The van der Waals surface area contributed by atoms with Crippen molar-refractivity contribution in [2.45, 2.75) is 25.8 Å². The molecule has 3 heterocycles. The number of fused-ring (bicyclic) bond motifs is 1. The third-order valence-electron chi connectivity index (χ3n) is 3.51. The lowest BCUT2D eigenvalue weighted by molar-refractivity contribution is 0.226. The van der Waals surface area contributed by atoms with Crippen LogP contribution >= 0.6 is 0 Å². The van der Waals surface area contributed by atoms with Crippen molar-refractivity contribution in [2.75, 3.05) is 25.0 Å². The van der Waals surface area contributed by atoms with E-state index in [0.29, 0.717) is 6.04 Å². The van der Waals surface area contributed by atoms with E-state index >= 15 is 0 Å². The van der Waals surface area contributed by atoms with Crippen molar-refractivity contribution in [3.63, 3.8) is 0 Å². The van der Waals surface area contributed by atoms with E-state index in [-0.39, 0.29) is 0 Å². The molecule has 0 aromatic carbocycles. The molecule has 3 rings (SSSR count). The molecule has 0 bridgehead atoms. The Morgan fingerprint density at radius 2 is 2.44 bits per heavy atom. The molecular formula is C12H18N6. The van der Waals surface area contributed by atoms with Crippen LogP contribution in [0.3, 0.4) is 0 Å². The van der Waals surface area contributed by atoms with Gasteiger partial charge in [0.15, 0.2) is 5.82 Å². The van der Waals surface area contributed by atoms with E-state index in [1.165, 1.54) is 19.4 Å². The summed E-state index contributed by atoms with van der Waals surface area (Å²) in [5.74, 6) is 0.831. The Morgan fingerprint density at radius 3 is 3.33 bits per heavy atom. The zero-order chi connectivity index (χ0) is 12.4. The zero-order valence-corrected chi connectivity index (χ0v) is 10.6. The number of piperidine rings is 1. The smallest absolute Gasteiger partial charge is 0.203 e. The summed E-state index contributed by atoms with van der Waals surface area (Å²) in [6.07, 6.45) is 7.76. The predicted octanol–water partition coefficient (Wildman–Crippen LogP) is 1.02. The lowest BCUT2D eigenvalue weighted by Gasteiger charge is -2.32. The highest BCUT2D eigenvalue weighted by Crippen LogP contribution is 2.16. The normalized spacial score (nSPS) is 21.3. The summed E-state index contributed by atoms with van der Waals surface area (Å²) < 4.78 is 1.88. The van der Waals surface area contributed by atoms with Crippen molar-refractivity contribution in [1.29, 1.82) is 0 Å². The van der Waals surface area contributed by atoms with Gasteiger partial charge >= 0.3 is 0 Å². The van der Waals surface area contributed by atoms with E-state index in [1.807, 2.05) is 10.6 Å². The van der Waals surface area contributed by atoms with Crippen LogP contribution in [0.4, 0.5) is 5.82 Å². The van der Waals surface area contributed by atoms with Gasteiger partial charge in [0.2, 0.25) is 5.65 Å². The van der Waals surface area contributed by atoms with Crippen molar-refractivity contribution in [3.8, 4) is 0 Å². The largest absolute Gasteiger partial charge is 0.363 e. The van der Waals surface area contributed by atoms with Crippen LogP contribution in [-0.2, 0) is 0 Å². The van der Waals surface area contributed by atoms with Gasteiger partial charge < -0.3 is 10.2 Å². The van der Waals surface area contributed by atoms with Crippen molar-refractivity contribution in [2.24, 2.45) is 0 Å². The lowest BCUT2D eigenvalue weighted by atomic mass is 10.1. The van der Waals surface area contributed by atoms with Crippen LogP contribution in [0.5, 0.6) is 0 Å². The standard InChI is InChI=1S/C12H18N6/c1-2-17-6-3-4-10(8-17)15-11-12-16-14-9-18(12)7-5-13-11/h5,7,9-10H,2-4,6,8H2,1H3,(H,13,15). The summed E-state index contributed by atoms with van der Waals surface area (Å²) in [5.41, 5.74) is 0.797. The van der Waals surface area contributed by atoms with Gasteiger partial charge in [0, 0.05) is 25.0 Å². The van der Waals surface area contributed by atoms with Crippen LogP contribution in [0.2, 0.25) is 0 Å². The van der Waals surface area contributed by atoms with Gasteiger partial charge in [0.1, 0.15) is 6.33 Å². The fraction of sp³-hybridized carbons (Fsp3) is 0.583. The van der Waals surface area contributed by atoms with Gasteiger partial charge in [-0.15, -0.1) is 10.2 Å². The number of nitrogens with zero attached hydrogens (tertiary/aromatic N) is 5. The van der Waals surface area contributed by atoms with E-state index in [1.54, 1.807) is 12.5 Å². The third-order valence-corrected chi connectivity index (χ3v) is 3.51. The Bertz CT molecular complexity index is 522. The minimum atomic E-state index is 0.453. The Hall–Kier alpha value is -1.69. The molecule has 0 saturated carbocycles. The second-order valence-corrected chi connectivity index (χ2v) is 4.71. The molecule has 1 aliphatic rings. The monoisotopic (exact) mass is 246 g/mol. The first-order valence-corrected chi connectivity index (χ1v) is 6.50. The quantitative estimate of drug-likeness (QED) is 0.876. The first-order chi connectivity index (χ1) is 8.86. The maximum absolute atomic E-state index is 4.37. The van der Waals surface area contributed by atoms with Gasteiger partial charge in [-0.25, -0.2) is 4.98 Å². The van der Waals surface area contributed by atoms with E-state index in [0.717, 1.165) is 24.6 Å². The van der Waals surface area contributed by atoms with Gasteiger partial charge in [0.25, 0.3) is 0 Å². The Labute approximate surface area is 106 Å². The van der Waals surface area contributed by atoms with Crippen LogP contribution in [0, 0.1) is 0 Å². The molecule has 1 fully saturated rings. The Morgan fingerprint density at radius 1 is 1.50 bits per heavy atom. The van der Waals surface area contributed by atoms with Crippen molar-refractivity contribution in [3.05, 3.63) is 18.7 Å². The molecule has 18 heavy (non-hydrogen) atoms. The van der Waals surface area contributed by atoms with Gasteiger partial charge in [-0.05, 0) is 25.9 Å². The third kappa shape index (κ3) is 2.15. The second kappa shape index (κ2) is 4.89. The summed E-state index contributed by atoms with van der Waals surface area (Å²) >= 11 is 0. The molecular weight excluding hydrogens is 228 g/mol. The Kier molecular flexibility index (Phi) is 3.10. The highest BCUT2D eigenvalue weighted by atomic mass is 15.3. The first-order valence-electron chi connectivity index (χ1n) is 6.50.